The van der Waals surface area contributed by atoms with Crippen LogP contribution in [0.1, 0.15) is 19.3 Å². The number of carboxylic acids is 1. The van der Waals surface area contributed by atoms with E-state index in [1.165, 1.54) is 7.05 Å². The Morgan fingerprint density at radius 1 is 1.50 bits per heavy atom. The third-order valence-electron chi connectivity index (χ3n) is 2.86. The number of carbonyl (C=O) groups is 2. The maximum absolute atomic E-state index is 12.1. The SMILES string of the molecule is CN(CCC(=O)O)S(=O)(=O)N1CCCC1C(N)=O. The Kier molecular flexibility index (Phi) is 4.65. The Morgan fingerprint density at radius 2 is 2.11 bits per heavy atom. The molecule has 8 nitrogen and oxygen atoms in total. The number of nitrogens with two attached hydrogens (primary N) is 1. The fourth-order valence-corrected chi connectivity index (χ4v) is 3.42. The minimum Gasteiger partial charge on any atom is -0.481 e. The fraction of sp³-hybridized carbons (Fsp3) is 0.778. The molecule has 9 heteroatoms. The van der Waals surface area contributed by atoms with Crippen molar-refractivity contribution in [1.29, 1.82) is 0 Å². The van der Waals surface area contributed by atoms with Gasteiger partial charge in [-0.2, -0.15) is 17.0 Å². The van der Waals surface area contributed by atoms with E-state index in [2.05, 4.69) is 0 Å². The first-order valence-corrected chi connectivity index (χ1v) is 6.90. The Labute approximate surface area is 106 Å². The van der Waals surface area contributed by atoms with Gasteiger partial charge >= 0.3 is 5.97 Å². The lowest BCUT2D eigenvalue weighted by molar-refractivity contribution is -0.137. The lowest BCUT2D eigenvalue weighted by Gasteiger charge is -2.26. The highest BCUT2D eigenvalue weighted by molar-refractivity contribution is 7.86. The fourth-order valence-electron chi connectivity index (χ4n) is 1.85. The zero-order valence-electron chi connectivity index (χ0n) is 10.1. The maximum Gasteiger partial charge on any atom is 0.304 e. The van der Waals surface area contributed by atoms with E-state index < -0.39 is 28.1 Å². The van der Waals surface area contributed by atoms with Crippen LogP contribution in [0.15, 0.2) is 0 Å². The topological polar surface area (TPSA) is 121 Å². The number of primary amides is 1. The molecule has 1 saturated heterocycles. The van der Waals surface area contributed by atoms with Crippen LogP contribution in [0.5, 0.6) is 0 Å². The van der Waals surface area contributed by atoms with Gasteiger partial charge in [-0.25, -0.2) is 0 Å². The molecule has 0 spiro atoms. The minimum atomic E-state index is -3.83. The molecule has 104 valence electrons. The van der Waals surface area contributed by atoms with Crippen LogP contribution in [-0.4, -0.2) is 60.2 Å². The van der Waals surface area contributed by atoms with E-state index in [4.69, 9.17) is 10.8 Å². The number of hydrogen-bond acceptors (Lipinski definition) is 4. The first kappa shape index (κ1) is 14.9. The molecule has 0 aromatic carbocycles. The molecule has 0 aromatic heterocycles. The maximum atomic E-state index is 12.1. The minimum absolute atomic E-state index is 0.139. The molecule has 0 saturated carbocycles. The zero-order valence-corrected chi connectivity index (χ0v) is 10.9. The number of aliphatic carboxylic acids is 1. The average molecular weight is 279 g/mol. The Bertz CT molecular complexity index is 435. The van der Waals surface area contributed by atoms with Gasteiger partial charge < -0.3 is 10.8 Å². The van der Waals surface area contributed by atoms with Gasteiger partial charge in [0.15, 0.2) is 0 Å². The van der Waals surface area contributed by atoms with Crippen LogP contribution in [-0.2, 0) is 19.8 Å². The average Bonchev–Trinajstić information content (AvgIpc) is 2.74. The summed E-state index contributed by atoms with van der Waals surface area (Å²) >= 11 is 0. The van der Waals surface area contributed by atoms with Crippen LogP contribution >= 0.6 is 0 Å². The summed E-state index contributed by atoms with van der Waals surface area (Å²) in [7, 11) is -2.54. The lowest BCUT2D eigenvalue weighted by Crippen LogP contribution is -2.49. The summed E-state index contributed by atoms with van der Waals surface area (Å²) in [6.07, 6.45) is 0.686. The molecule has 1 fully saturated rings. The summed E-state index contributed by atoms with van der Waals surface area (Å²) in [5, 5.41) is 8.52. The van der Waals surface area contributed by atoms with Crippen molar-refractivity contribution in [2.75, 3.05) is 20.1 Å². The number of hydrogen-bond donors (Lipinski definition) is 2. The summed E-state index contributed by atoms with van der Waals surface area (Å²) in [4.78, 5) is 21.6. The van der Waals surface area contributed by atoms with E-state index in [-0.39, 0.29) is 19.5 Å². The van der Waals surface area contributed by atoms with Crippen molar-refractivity contribution in [3.05, 3.63) is 0 Å². The van der Waals surface area contributed by atoms with E-state index in [0.717, 1.165) is 8.61 Å². The largest absolute Gasteiger partial charge is 0.481 e. The van der Waals surface area contributed by atoms with Crippen LogP contribution in [0, 0.1) is 0 Å². The highest BCUT2D eigenvalue weighted by atomic mass is 32.2. The van der Waals surface area contributed by atoms with Crippen molar-refractivity contribution >= 4 is 22.1 Å². The van der Waals surface area contributed by atoms with Gasteiger partial charge in [0.1, 0.15) is 6.04 Å². The number of nitrogens with zero attached hydrogens (tertiary/aromatic N) is 2. The van der Waals surface area contributed by atoms with E-state index in [1.807, 2.05) is 0 Å². The lowest BCUT2D eigenvalue weighted by atomic mass is 10.2. The molecule has 0 aromatic rings. The van der Waals surface area contributed by atoms with E-state index in [0.29, 0.717) is 12.8 Å². The molecule has 1 heterocycles. The van der Waals surface area contributed by atoms with Gasteiger partial charge in [-0.3, -0.25) is 9.59 Å². The summed E-state index contributed by atoms with van der Waals surface area (Å²) in [6.45, 7) is 0.0903. The van der Waals surface area contributed by atoms with Gasteiger partial charge in [0.2, 0.25) is 5.91 Å². The van der Waals surface area contributed by atoms with Crippen molar-refractivity contribution in [2.24, 2.45) is 5.73 Å². The summed E-state index contributed by atoms with van der Waals surface area (Å²) in [5.41, 5.74) is 5.15. The predicted octanol–water partition coefficient (Wildman–Crippen LogP) is -1.41. The zero-order chi connectivity index (χ0) is 13.9. The van der Waals surface area contributed by atoms with Gasteiger partial charge in [0, 0.05) is 20.1 Å². The molecule has 0 bridgehead atoms. The number of carboxylic acid groups (broad SMARTS) is 1. The van der Waals surface area contributed by atoms with Crippen LogP contribution in [0.2, 0.25) is 0 Å². The second-order valence-corrected chi connectivity index (χ2v) is 6.13. The third-order valence-corrected chi connectivity index (χ3v) is 4.86. The van der Waals surface area contributed by atoms with E-state index in [1.54, 1.807) is 0 Å². The summed E-state index contributed by atoms with van der Waals surface area (Å²) in [5.74, 6) is -1.76. The molecule has 1 amide bonds. The van der Waals surface area contributed by atoms with Gasteiger partial charge in [-0.05, 0) is 12.8 Å². The molecule has 1 unspecified atom stereocenters. The van der Waals surface area contributed by atoms with Crippen molar-refractivity contribution in [2.45, 2.75) is 25.3 Å². The molecular weight excluding hydrogens is 262 g/mol. The molecule has 0 radical (unpaired) electrons. The standard InChI is InChI=1S/C9H17N3O5S/c1-11(6-4-8(13)14)18(16,17)12-5-2-3-7(12)9(10)15/h7H,2-6H2,1H3,(H2,10,15)(H,13,14). The van der Waals surface area contributed by atoms with E-state index in [9.17, 15) is 18.0 Å². The van der Waals surface area contributed by atoms with Crippen LogP contribution < -0.4 is 5.73 Å². The van der Waals surface area contributed by atoms with Crippen molar-refractivity contribution < 1.29 is 23.1 Å². The van der Waals surface area contributed by atoms with Crippen LogP contribution in [0.25, 0.3) is 0 Å². The number of amides is 1. The monoisotopic (exact) mass is 279 g/mol. The smallest absolute Gasteiger partial charge is 0.304 e. The Balaban J connectivity index is 2.79. The second kappa shape index (κ2) is 5.63. The van der Waals surface area contributed by atoms with Crippen molar-refractivity contribution in [3.8, 4) is 0 Å². The molecule has 0 aliphatic carbocycles. The molecule has 1 rings (SSSR count). The highest BCUT2D eigenvalue weighted by Gasteiger charge is 2.39. The summed E-state index contributed by atoms with van der Waals surface area (Å²) in [6, 6.07) is -0.831. The number of rotatable bonds is 6. The highest BCUT2D eigenvalue weighted by Crippen LogP contribution is 2.22. The van der Waals surface area contributed by atoms with Crippen LogP contribution in [0.3, 0.4) is 0 Å². The molecule has 18 heavy (non-hydrogen) atoms. The van der Waals surface area contributed by atoms with E-state index >= 15 is 0 Å². The normalized spacial score (nSPS) is 21.3. The predicted molar refractivity (Wildman–Crippen MR) is 62.7 cm³/mol. The van der Waals surface area contributed by atoms with Gasteiger partial charge in [0.25, 0.3) is 10.2 Å². The Morgan fingerprint density at radius 3 is 2.61 bits per heavy atom. The van der Waals surface area contributed by atoms with Gasteiger partial charge in [0.05, 0.1) is 6.42 Å². The first-order valence-electron chi connectivity index (χ1n) is 5.51. The molecule has 1 aliphatic heterocycles. The summed E-state index contributed by atoms with van der Waals surface area (Å²) < 4.78 is 26.2. The quantitative estimate of drug-likeness (QED) is 0.618. The first-order chi connectivity index (χ1) is 8.26. The van der Waals surface area contributed by atoms with Gasteiger partial charge in [-0.1, -0.05) is 0 Å². The molecule has 3 N–H and O–H groups in total. The molecule has 1 aliphatic rings. The molecular formula is C9H17N3O5S. The molecule has 1 atom stereocenters. The number of carbonyl (C=O) groups excluding carboxylic acids is 1. The van der Waals surface area contributed by atoms with Crippen molar-refractivity contribution in [3.63, 3.8) is 0 Å². The van der Waals surface area contributed by atoms with Gasteiger partial charge in [-0.15, -0.1) is 0 Å². The second-order valence-electron chi connectivity index (χ2n) is 4.14. The van der Waals surface area contributed by atoms with Crippen molar-refractivity contribution in [1.82, 2.24) is 8.61 Å². The third kappa shape index (κ3) is 3.18. The Hall–Kier alpha value is -1.19. The van der Waals surface area contributed by atoms with Crippen LogP contribution in [0.4, 0.5) is 0 Å².